The molecule has 0 fully saturated rings. The van der Waals surface area contributed by atoms with Gasteiger partial charge in [-0.2, -0.15) is 0 Å². The van der Waals surface area contributed by atoms with Crippen LogP contribution in [0.4, 0.5) is 11.4 Å². The maximum absolute atomic E-state index is 12.5. The first-order chi connectivity index (χ1) is 11.9. The summed E-state index contributed by atoms with van der Waals surface area (Å²) in [5.74, 6) is -0.0790. The summed E-state index contributed by atoms with van der Waals surface area (Å²) in [6, 6.07) is 9.44. The van der Waals surface area contributed by atoms with Crippen molar-refractivity contribution in [3.8, 4) is 0 Å². The molecule has 2 heterocycles. The number of nitrogens with zero attached hydrogens (tertiary/aromatic N) is 1. The van der Waals surface area contributed by atoms with Crippen LogP contribution in [0.15, 0.2) is 56.5 Å². The minimum Gasteiger partial charge on any atom is -0.459 e. The van der Waals surface area contributed by atoms with Gasteiger partial charge in [-0.05, 0) is 44.2 Å². The molecule has 3 rings (SSSR count). The van der Waals surface area contributed by atoms with E-state index in [1.54, 1.807) is 31.2 Å². The maximum Gasteiger partial charge on any atom is 0.291 e. The second kappa shape index (κ2) is 6.44. The van der Waals surface area contributed by atoms with Gasteiger partial charge in [-0.3, -0.25) is 9.52 Å². The lowest BCUT2D eigenvalue weighted by Gasteiger charge is -2.09. The van der Waals surface area contributed by atoms with Gasteiger partial charge >= 0.3 is 0 Å². The maximum atomic E-state index is 12.5. The molecule has 2 aromatic heterocycles. The summed E-state index contributed by atoms with van der Waals surface area (Å²) in [6.07, 6.45) is 1.39. The third-order valence-electron chi connectivity index (χ3n) is 3.35. The minimum atomic E-state index is -3.86. The van der Waals surface area contributed by atoms with E-state index in [-0.39, 0.29) is 27.8 Å². The monoisotopic (exact) mass is 361 g/mol. The Morgan fingerprint density at radius 3 is 2.52 bits per heavy atom. The Balaban J connectivity index is 1.81. The van der Waals surface area contributed by atoms with Crippen LogP contribution in [0.3, 0.4) is 0 Å². The quantitative estimate of drug-likeness (QED) is 0.722. The Morgan fingerprint density at radius 1 is 1.12 bits per heavy atom. The van der Waals surface area contributed by atoms with Gasteiger partial charge < -0.3 is 14.3 Å². The standard InChI is InChI=1S/C16H15N3O5S/c1-10-15(11(2)24-18-10)25(21,22)19-13-6-3-5-12(9-13)17-16(20)14-7-4-8-23-14/h3-9,19H,1-2H3,(H,17,20). The number of hydrogen-bond donors (Lipinski definition) is 2. The Bertz CT molecular complexity index is 987. The number of amides is 1. The molecule has 130 valence electrons. The van der Waals surface area contributed by atoms with E-state index in [1.807, 2.05) is 0 Å². The van der Waals surface area contributed by atoms with Crippen LogP contribution in [0, 0.1) is 13.8 Å². The zero-order valence-electron chi connectivity index (χ0n) is 13.4. The topological polar surface area (TPSA) is 114 Å². The number of anilines is 2. The van der Waals surface area contributed by atoms with E-state index in [1.165, 1.54) is 25.3 Å². The lowest BCUT2D eigenvalue weighted by Crippen LogP contribution is -2.15. The Kier molecular flexibility index (Phi) is 4.32. The number of sulfonamides is 1. The molecule has 25 heavy (non-hydrogen) atoms. The largest absolute Gasteiger partial charge is 0.459 e. The van der Waals surface area contributed by atoms with Gasteiger partial charge in [0.05, 0.1) is 12.0 Å². The number of nitrogens with one attached hydrogen (secondary N) is 2. The first-order valence-electron chi connectivity index (χ1n) is 7.27. The number of carbonyl (C=O) groups excluding carboxylic acids is 1. The van der Waals surface area contributed by atoms with E-state index in [2.05, 4.69) is 15.2 Å². The van der Waals surface area contributed by atoms with E-state index in [0.717, 1.165) is 0 Å². The number of aromatic nitrogens is 1. The molecule has 0 bridgehead atoms. The highest BCUT2D eigenvalue weighted by Gasteiger charge is 2.24. The number of aryl methyl sites for hydroxylation is 2. The minimum absolute atomic E-state index is 0.00229. The van der Waals surface area contributed by atoms with Crippen LogP contribution < -0.4 is 10.0 Å². The number of carbonyl (C=O) groups is 1. The SMILES string of the molecule is Cc1noc(C)c1S(=O)(=O)Nc1cccc(NC(=O)c2ccco2)c1. The molecule has 1 aromatic carbocycles. The van der Waals surface area contributed by atoms with Crippen molar-refractivity contribution >= 4 is 27.3 Å². The molecular formula is C16H15N3O5S. The molecule has 0 aliphatic carbocycles. The molecule has 1 amide bonds. The van der Waals surface area contributed by atoms with Crippen molar-refractivity contribution in [3.63, 3.8) is 0 Å². The molecule has 0 aliphatic heterocycles. The van der Waals surface area contributed by atoms with Crippen molar-refractivity contribution in [1.82, 2.24) is 5.16 Å². The molecule has 0 unspecified atom stereocenters. The van der Waals surface area contributed by atoms with Gasteiger partial charge in [0.15, 0.2) is 16.4 Å². The van der Waals surface area contributed by atoms with Crippen LogP contribution >= 0.6 is 0 Å². The highest BCUT2D eigenvalue weighted by molar-refractivity contribution is 7.92. The summed E-state index contributed by atoms with van der Waals surface area (Å²) in [6.45, 7) is 3.07. The summed E-state index contributed by atoms with van der Waals surface area (Å²) in [4.78, 5) is 12.0. The van der Waals surface area contributed by atoms with Crippen molar-refractivity contribution < 1.29 is 22.2 Å². The fourth-order valence-corrected chi connectivity index (χ4v) is 3.71. The number of benzene rings is 1. The zero-order chi connectivity index (χ0) is 18.0. The normalized spacial score (nSPS) is 11.3. The molecule has 8 nitrogen and oxygen atoms in total. The van der Waals surface area contributed by atoms with Crippen molar-refractivity contribution in [2.75, 3.05) is 10.0 Å². The first-order valence-corrected chi connectivity index (χ1v) is 8.76. The van der Waals surface area contributed by atoms with Gasteiger partial charge in [-0.1, -0.05) is 11.2 Å². The molecule has 0 saturated carbocycles. The predicted molar refractivity (Wildman–Crippen MR) is 89.9 cm³/mol. The van der Waals surface area contributed by atoms with Crippen molar-refractivity contribution in [1.29, 1.82) is 0 Å². The molecular weight excluding hydrogens is 346 g/mol. The van der Waals surface area contributed by atoms with Crippen LogP contribution in [-0.2, 0) is 10.0 Å². The molecule has 3 aromatic rings. The highest BCUT2D eigenvalue weighted by Crippen LogP contribution is 2.24. The summed E-state index contributed by atoms with van der Waals surface area (Å²) < 4.78 is 37.4. The van der Waals surface area contributed by atoms with E-state index in [4.69, 9.17) is 8.94 Å². The van der Waals surface area contributed by atoms with Gasteiger partial charge in [0.25, 0.3) is 15.9 Å². The molecule has 0 saturated heterocycles. The third kappa shape index (κ3) is 3.56. The van der Waals surface area contributed by atoms with Gasteiger partial charge in [0.1, 0.15) is 5.69 Å². The average Bonchev–Trinajstić information content (AvgIpc) is 3.17. The lowest BCUT2D eigenvalue weighted by atomic mass is 10.3. The smallest absolute Gasteiger partial charge is 0.291 e. The summed E-state index contributed by atoms with van der Waals surface area (Å²) in [5, 5.41) is 6.28. The Morgan fingerprint density at radius 2 is 1.88 bits per heavy atom. The molecule has 0 spiro atoms. The van der Waals surface area contributed by atoms with Crippen molar-refractivity contribution in [2.45, 2.75) is 18.7 Å². The first kappa shape index (κ1) is 16.8. The van der Waals surface area contributed by atoms with Crippen molar-refractivity contribution in [3.05, 3.63) is 59.9 Å². The Hall–Kier alpha value is -3.07. The molecule has 0 atom stereocenters. The molecule has 9 heteroatoms. The second-order valence-corrected chi connectivity index (χ2v) is 6.89. The lowest BCUT2D eigenvalue weighted by molar-refractivity contribution is 0.0996. The predicted octanol–water partition coefficient (Wildman–Crippen LogP) is 2.94. The summed E-state index contributed by atoms with van der Waals surface area (Å²) in [7, 11) is -3.86. The average molecular weight is 361 g/mol. The zero-order valence-corrected chi connectivity index (χ0v) is 14.3. The van der Waals surface area contributed by atoms with E-state index >= 15 is 0 Å². The van der Waals surface area contributed by atoms with Crippen LogP contribution in [0.2, 0.25) is 0 Å². The van der Waals surface area contributed by atoms with Crippen molar-refractivity contribution in [2.24, 2.45) is 0 Å². The van der Waals surface area contributed by atoms with E-state index in [9.17, 15) is 13.2 Å². The van der Waals surface area contributed by atoms with E-state index in [0.29, 0.717) is 5.69 Å². The number of rotatable bonds is 5. The number of hydrogen-bond acceptors (Lipinski definition) is 6. The van der Waals surface area contributed by atoms with Crippen LogP contribution in [0.1, 0.15) is 22.0 Å². The van der Waals surface area contributed by atoms with Gasteiger partial charge in [0.2, 0.25) is 0 Å². The van der Waals surface area contributed by atoms with Crippen LogP contribution in [-0.4, -0.2) is 19.5 Å². The van der Waals surface area contributed by atoms with Crippen LogP contribution in [0.5, 0.6) is 0 Å². The fourth-order valence-electron chi connectivity index (χ4n) is 2.33. The third-order valence-corrected chi connectivity index (χ3v) is 4.98. The van der Waals surface area contributed by atoms with Gasteiger partial charge in [-0.25, -0.2) is 8.42 Å². The molecule has 0 aliphatic rings. The number of furan rings is 1. The molecule has 2 N–H and O–H groups in total. The van der Waals surface area contributed by atoms with Gasteiger partial charge in [0, 0.05) is 5.69 Å². The molecule has 0 radical (unpaired) electrons. The Labute approximate surface area is 143 Å². The highest BCUT2D eigenvalue weighted by atomic mass is 32.2. The summed E-state index contributed by atoms with van der Waals surface area (Å²) >= 11 is 0. The summed E-state index contributed by atoms with van der Waals surface area (Å²) in [5.41, 5.74) is 0.977. The second-order valence-electron chi connectivity index (χ2n) is 5.27. The van der Waals surface area contributed by atoms with Gasteiger partial charge in [-0.15, -0.1) is 0 Å². The van der Waals surface area contributed by atoms with Crippen LogP contribution in [0.25, 0.3) is 0 Å². The van der Waals surface area contributed by atoms with E-state index < -0.39 is 15.9 Å². The fraction of sp³-hybridized carbons (Fsp3) is 0.125.